The fraction of sp³-hybridized carbons (Fsp3) is 0.632. The predicted octanol–water partition coefficient (Wildman–Crippen LogP) is 1.88. The monoisotopic (exact) mass is 331 g/mol. The molecule has 0 aliphatic carbocycles. The molecule has 2 saturated heterocycles. The van der Waals surface area contributed by atoms with Gasteiger partial charge in [0.05, 0.1) is 6.54 Å². The minimum absolute atomic E-state index is 0.140. The van der Waals surface area contributed by atoms with Gasteiger partial charge in [-0.1, -0.05) is 18.2 Å². The van der Waals surface area contributed by atoms with Gasteiger partial charge in [0, 0.05) is 44.1 Å². The minimum atomic E-state index is 0.140. The molecule has 0 aromatic heterocycles. The quantitative estimate of drug-likeness (QED) is 0.895. The summed E-state index contributed by atoms with van der Waals surface area (Å²) in [4.78, 5) is 17.0. The van der Waals surface area contributed by atoms with Gasteiger partial charge in [0.25, 0.3) is 0 Å². The first kappa shape index (κ1) is 17.2. The summed E-state index contributed by atoms with van der Waals surface area (Å²) in [6, 6.07) is 11.3. The lowest BCUT2D eigenvalue weighted by atomic mass is 10.0. The van der Waals surface area contributed by atoms with Crippen LogP contribution in [0.5, 0.6) is 0 Å². The highest BCUT2D eigenvalue weighted by molar-refractivity contribution is 5.78. The second-order valence-electron chi connectivity index (χ2n) is 6.95. The van der Waals surface area contributed by atoms with E-state index in [0.29, 0.717) is 12.6 Å². The average Bonchev–Trinajstić information content (AvgIpc) is 2.63. The van der Waals surface area contributed by atoms with Crippen LogP contribution in [0.4, 0.5) is 5.69 Å². The molecule has 5 heteroatoms. The molecule has 0 spiro atoms. The molecule has 2 aliphatic heterocycles. The molecule has 0 bridgehead atoms. The molecule has 5 nitrogen and oxygen atoms in total. The molecule has 0 saturated carbocycles. The number of rotatable bonds is 5. The van der Waals surface area contributed by atoms with Crippen molar-refractivity contribution < 1.29 is 9.53 Å². The number of carbonyl (C=O) groups is 1. The van der Waals surface area contributed by atoms with E-state index in [1.54, 1.807) is 0 Å². The van der Waals surface area contributed by atoms with Crippen LogP contribution in [-0.2, 0) is 9.53 Å². The summed E-state index contributed by atoms with van der Waals surface area (Å²) in [6.07, 6.45) is 4.19. The van der Waals surface area contributed by atoms with Gasteiger partial charge in [0.1, 0.15) is 0 Å². The molecule has 1 amide bonds. The molecule has 1 aromatic carbocycles. The fourth-order valence-corrected chi connectivity index (χ4v) is 3.66. The van der Waals surface area contributed by atoms with Gasteiger partial charge >= 0.3 is 0 Å². The van der Waals surface area contributed by atoms with Gasteiger partial charge in [-0.05, 0) is 44.9 Å². The van der Waals surface area contributed by atoms with Crippen molar-refractivity contribution in [2.24, 2.45) is 0 Å². The van der Waals surface area contributed by atoms with Crippen molar-refractivity contribution in [1.29, 1.82) is 0 Å². The van der Waals surface area contributed by atoms with E-state index in [2.05, 4.69) is 52.5 Å². The highest BCUT2D eigenvalue weighted by atomic mass is 16.5. The molecular weight excluding hydrogens is 302 g/mol. The zero-order valence-corrected chi connectivity index (χ0v) is 14.6. The Balaban J connectivity index is 1.48. The summed E-state index contributed by atoms with van der Waals surface area (Å²) < 4.78 is 5.34. The van der Waals surface area contributed by atoms with Crippen molar-refractivity contribution in [3.05, 3.63) is 30.3 Å². The number of para-hydroxylation sites is 1. The third kappa shape index (κ3) is 4.71. The van der Waals surface area contributed by atoms with Gasteiger partial charge < -0.3 is 15.0 Å². The van der Waals surface area contributed by atoms with Crippen LogP contribution in [0.3, 0.4) is 0 Å². The number of nitrogens with zero attached hydrogens (tertiary/aromatic N) is 2. The van der Waals surface area contributed by atoms with Crippen LogP contribution < -0.4 is 10.2 Å². The van der Waals surface area contributed by atoms with E-state index in [4.69, 9.17) is 4.74 Å². The van der Waals surface area contributed by atoms with Crippen molar-refractivity contribution in [3.8, 4) is 0 Å². The summed E-state index contributed by atoms with van der Waals surface area (Å²) in [7, 11) is 2.07. The van der Waals surface area contributed by atoms with Gasteiger partial charge in [0.2, 0.25) is 5.91 Å². The number of ether oxygens (including phenoxy) is 1. The van der Waals surface area contributed by atoms with E-state index in [1.165, 1.54) is 12.1 Å². The number of hydrogen-bond acceptors (Lipinski definition) is 4. The highest BCUT2D eigenvalue weighted by Crippen LogP contribution is 2.21. The Kier molecular flexibility index (Phi) is 6.10. The molecule has 2 fully saturated rings. The zero-order valence-electron chi connectivity index (χ0n) is 14.6. The lowest BCUT2D eigenvalue weighted by Gasteiger charge is -2.38. The van der Waals surface area contributed by atoms with Crippen molar-refractivity contribution >= 4 is 11.6 Å². The van der Waals surface area contributed by atoms with Crippen LogP contribution in [0.1, 0.15) is 25.7 Å². The van der Waals surface area contributed by atoms with Gasteiger partial charge in [-0.15, -0.1) is 0 Å². The number of nitrogens with one attached hydrogen (secondary N) is 1. The normalized spacial score (nSPS) is 22.6. The van der Waals surface area contributed by atoms with E-state index >= 15 is 0 Å². The maximum absolute atomic E-state index is 12.3. The molecular formula is C19H29N3O2. The van der Waals surface area contributed by atoms with Crippen LogP contribution in [-0.4, -0.2) is 62.8 Å². The Labute approximate surface area is 145 Å². The number of anilines is 1. The molecule has 2 aliphatic rings. The largest absolute Gasteiger partial charge is 0.381 e. The van der Waals surface area contributed by atoms with Crippen LogP contribution in [0.2, 0.25) is 0 Å². The fourth-order valence-electron chi connectivity index (χ4n) is 3.66. The number of hydrogen-bond donors (Lipinski definition) is 1. The topological polar surface area (TPSA) is 44.8 Å². The third-order valence-corrected chi connectivity index (χ3v) is 5.12. The predicted molar refractivity (Wildman–Crippen MR) is 96.3 cm³/mol. The maximum atomic E-state index is 12.3. The molecule has 0 unspecified atom stereocenters. The van der Waals surface area contributed by atoms with E-state index < -0.39 is 0 Å². The van der Waals surface area contributed by atoms with Crippen LogP contribution in [0, 0.1) is 0 Å². The highest BCUT2D eigenvalue weighted by Gasteiger charge is 2.25. The van der Waals surface area contributed by atoms with Crippen LogP contribution in [0.25, 0.3) is 0 Å². The first-order chi connectivity index (χ1) is 11.7. The second-order valence-corrected chi connectivity index (χ2v) is 6.95. The summed E-state index contributed by atoms with van der Waals surface area (Å²) in [5, 5.41) is 3.16. The lowest BCUT2D eigenvalue weighted by Crippen LogP contribution is -2.50. The van der Waals surface area contributed by atoms with Gasteiger partial charge in [-0.25, -0.2) is 0 Å². The van der Waals surface area contributed by atoms with E-state index in [1.807, 2.05) is 0 Å². The molecule has 24 heavy (non-hydrogen) atoms. The number of piperidine rings is 1. The minimum Gasteiger partial charge on any atom is -0.381 e. The van der Waals surface area contributed by atoms with Crippen molar-refractivity contribution in [2.45, 2.75) is 37.8 Å². The molecule has 1 atom stereocenters. The van der Waals surface area contributed by atoms with Crippen molar-refractivity contribution in [2.75, 3.05) is 44.8 Å². The van der Waals surface area contributed by atoms with Crippen molar-refractivity contribution in [1.82, 2.24) is 10.2 Å². The number of amides is 1. The Hall–Kier alpha value is -1.59. The molecule has 132 valence electrons. The van der Waals surface area contributed by atoms with E-state index in [-0.39, 0.29) is 11.9 Å². The van der Waals surface area contributed by atoms with E-state index in [0.717, 1.165) is 45.6 Å². The smallest absolute Gasteiger partial charge is 0.234 e. The Morgan fingerprint density at radius 2 is 2.00 bits per heavy atom. The zero-order chi connectivity index (χ0) is 16.8. The SMILES string of the molecule is CN(CC(=O)NC1CCOCC1)[C@H]1CCCN(c2ccccc2)C1. The Morgan fingerprint density at radius 1 is 1.25 bits per heavy atom. The number of benzene rings is 1. The van der Waals surface area contributed by atoms with Gasteiger partial charge in [-0.2, -0.15) is 0 Å². The number of carbonyl (C=O) groups excluding carboxylic acids is 1. The lowest BCUT2D eigenvalue weighted by molar-refractivity contribution is -0.123. The third-order valence-electron chi connectivity index (χ3n) is 5.12. The average molecular weight is 331 g/mol. The van der Waals surface area contributed by atoms with Crippen LogP contribution in [0.15, 0.2) is 30.3 Å². The first-order valence-corrected chi connectivity index (χ1v) is 9.10. The Bertz CT molecular complexity index is 517. The van der Waals surface area contributed by atoms with Gasteiger partial charge in [0.15, 0.2) is 0 Å². The first-order valence-electron chi connectivity index (χ1n) is 9.10. The summed E-state index contributed by atoms with van der Waals surface area (Å²) >= 11 is 0. The van der Waals surface area contributed by atoms with Crippen molar-refractivity contribution in [3.63, 3.8) is 0 Å². The molecule has 1 N–H and O–H groups in total. The van der Waals surface area contributed by atoms with Crippen LogP contribution >= 0.6 is 0 Å². The second kappa shape index (κ2) is 8.49. The van der Waals surface area contributed by atoms with E-state index in [9.17, 15) is 4.79 Å². The standard InChI is InChI=1S/C19H29N3O2/c1-21(15-19(23)20-16-9-12-24-13-10-16)18-8-5-11-22(14-18)17-6-3-2-4-7-17/h2-4,6-7,16,18H,5,8-15H2,1H3,(H,20,23)/t18-/m0/s1. The molecule has 1 aromatic rings. The summed E-state index contributed by atoms with van der Waals surface area (Å²) in [5.74, 6) is 0.140. The molecule has 3 rings (SSSR count). The summed E-state index contributed by atoms with van der Waals surface area (Å²) in [6.45, 7) is 4.09. The number of likely N-dealkylation sites (N-methyl/N-ethyl adjacent to an activating group) is 1. The maximum Gasteiger partial charge on any atom is 0.234 e. The summed E-state index contributed by atoms with van der Waals surface area (Å²) in [5.41, 5.74) is 1.28. The Morgan fingerprint density at radius 3 is 2.75 bits per heavy atom. The molecule has 2 heterocycles. The molecule has 0 radical (unpaired) electrons. The van der Waals surface area contributed by atoms with Gasteiger partial charge in [-0.3, -0.25) is 9.69 Å².